The summed E-state index contributed by atoms with van der Waals surface area (Å²) in [7, 11) is 1.66. The Bertz CT molecular complexity index is 658. The molecule has 0 unspecified atom stereocenters. The molecule has 0 aliphatic heterocycles. The Kier molecular flexibility index (Phi) is 4.36. The first-order valence-corrected chi connectivity index (χ1v) is 6.75. The molecule has 0 aliphatic rings. The topological polar surface area (TPSA) is 49.8 Å². The Labute approximate surface area is 127 Å². The normalized spacial score (nSPS) is 11.3. The van der Waals surface area contributed by atoms with Gasteiger partial charge in [-0.15, -0.1) is 0 Å². The van der Waals surface area contributed by atoms with Gasteiger partial charge in [-0.1, -0.05) is 15.9 Å². The molecule has 8 heteroatoms. The van der Waals surface area contributed by atoms with E-state index in [2.05, 4.69) is 36.5 Å². The predicted molar refractivity (Wildman–Crippen MR) is 78.7 cm³/mol. The molecule has 0 saturated carbocycles. The summed E-state index contributed by atoms with van der Waals surface area (Å²) in [4.78, 5) is 8.19. The summed E-state index contributed by atoms with van der Waals surface area (Å²) in [6.07, 6.45) is -2.84. The van der Waals surface area contributed by atoms with E-state index in [1.807, 2.05) is 0 Å². The molecular weight excluding hydrogens is 349 g/mol. The highest BCUT2D eigenvalue weighted by Crippen LogP contribution is 2.36. The molecule has 1 heterocycles. The smallest absolute Gasteiger partial charge is 0.357 e. The number of aryl methyl sites for hydroxylation is 1. The third-order valence-electron chi connectivity index (χ3n) is 2.73. The molecular formula is C13H12BrF3N4. The number of benzene rings is 1. The molecule has 1 aromatic carbocycles. The fraction of sp³-hybridized carbons (Fsp3) is 0.231. The summed E-state index contributed by atoms with van der Waals surface area (Å²) in [5, 5.41) is 5.65. The third-order valence-corrected chi connectivity index (χ3v) is 3.42. The van der Waals surface area contributed by atoms with Gasteiger partial charge in [-0.25, -0.2) is 4.98 Å². The van der Waals surface area contributed by atoms with E-state index in [4.69, 9.17) is 0 Å². The van der Waals surface area contributed by atoms with E-state index < -0.39 is 11.7 Å². The summed E-state index contributed by atoms with van der Waals surface area (Å²) >= 11 is 2.91. The minimum atomic E-state index is -4.42. The number of nitrogens with zero attached hydrogens (tertiary/aromatic N) is 2. The van der Waals surface area contributed by atoms with Crippen LogP contribution in [0.4, 0.5) is 30.6 Å². The number of rotatable bonds is 3. The summed E-state index contributed by atoms with van der Waals surface area (Å²) in [5.41, 5.74) is 0.285. The molecule has 4 nitrogen and oxygen atoms in total. The Morgan fingerprint density at radius 2 is 1.95 bits per heavy atom. The third kappa shape index (κ3) is 3.63. The van der Waals surface area contributed by atoms with Crippen LogP contribution in [0.25, 0.3) is 0 Å². The second kappa shape index (κ2) is 5.88. The molecule has 0 saturated heterocycles. The Morgan fingerprint density at radius 1 is 1.24 bits per heavy atom. The maximum atomic E-state index is 12.9. The number of aromatic nitrogens is 2. The minimum Gasteiger partial charge on any atom is -0.357 e. The summed E-state index contributed by atoms with van der Waals surface area (Å²) in [6.45, 7) is 1.77. The van der Waals surface area contributed by atoms with Gasteiger partial charge in [0, 0.05) is 29.0 Å². The predicted octanol–water partition coefficient (Wildman–Crippen LogP) is 4.35. The molecule has 21 heavy (non-hydrogen) atoms. The van der Waals surface area contributed by atoms with Gasteiger partial charge in [0.05, 0.1) is 5.56 Å². The largest absolute Gasteiger partial charge is 0.417 e. The van der Waals surface area contributed by atoms with Crippen molar-refractivity contribution in [3.8, 4) is 0 Å². The lowest BCUT2D eigenvalue weighted by atomic mass is 10.2. The number of hydrogen-bond acceptors (Lipinski definition) is 4. The highest BCUT2D eigenvalue weighted by Gasteiger charge is 2.33. The van der Waals surface area contributed by atoms with E-state index in [-0.39, 0.29) is 4.47 Å². The van der Waals surface area contributed by atoms with Crippen LogP contribution in [-0.4, -0.2) is 17.0 Å². The lowest BCUT2D eigenvalue weighted by Gasteiger charge is -2.13. The number of hydrogen-bond donors (Lipinski definition) is 2. The molecule has 0 fully saturated rings. The monoisotopic (exact) mass is 360 g/mol. The summed E-state index contributed by atoms with van der Waals surface area (Å²) in [5.74, 6) is 0.834. The van der Waals surface area contributed by atoms with Crippen LogP contribution in [0.2, 0.25) is 0 Å². The number of alkyl halides is 3. The van der Waals surface area contributed by atoms with Gasteiger partial charge in [-0.2, -0.15) is 18.2 Å². The van der Waals surface area contributed by atoms with Crippen molar-refractivity contribution >= 4 is 33.4 Å². The molecule has 2 rings (SSSR count). The van der Waals surface area contributed by atoms with Gasteiger partial charge < -0.3 is 10.6 Å². The van der Waals surface area contributed by atoms with Gasteiger partial charge in [-0.3, -0.25) is 0 Å². The maximum absolute atomic E-state index is 12.9. The first-order chi connectivity index (χ1) is 9.81. The van der Waals surface area contributed by atoms with E-state index in [0.717, 1.165) is 11.6 Å². The SMILES string of the molecule is CNc1ncc(C)c(Nc2ccc(Br)c(C(F)(F)F)c2)n1. The van der Waals surface area contributed by atoms with Gasteiger partial charge in [0.25, 0.3) is 0 Å². The van der Waals surface area contributed by atoms with Gasteiger partial charge in [0.2, 0.25) is 5.95 Å². The van der Waals surface area contributed by atoms with Crippen molar-refractivity contribution in [2.45, 2.75) is 13.1 Å². The molecule has 0 amide bonds. The lowest BCUT2D eigenvalue weighted by Crippen LogP contribution is -2.07. The van der Waals surface area contributed by atoms with E-state index in [1.165, 1.54) is 6.07 Å². The van der Waals surface area contributed by atoms with Crippen molar-refractivity contribution in [2.75, 3.05) is 17.7 Å². The fourth-order valence-electron chi connectivity index (χ4n) is 1.65. The second-order valence-corrected chi connectivity index (χ2v) is 5.15. The van der Waals surface area contributed by atoms with Crippen LogP contribution < -0.4 is 10.6 Å². The van der Waals surface area contributed by atoms with Crippen LogP contribution in [-0.2, 0) is 6.18 Å². The quantitative estimate of drug-likeness (QED) is 0.854. The van der Waals surface area contributed by atoms with Crippen LogP contribution in [0.3, 0.4) is 0 Å². The second-order valence-electron chi connectivity index (χ2n) is 4.29. The van der Waals surface area contributed by atoms with Gasteiger partial charge in [0.15, 0.2) is 0 Å². The van der Waals surface area contributed by atoms with Crippen molar-refractivity contribution in [3.63, 3.8) is 0 Å². The molecule has 0 spiro atoms. The van der Waals surface area contributed by atoms with Crippen LogP contribution >= 0.6 is 15.9 Å². The van der Waals surface area contributed by atoms with E-state index in [1.54, 1.807) is 26.2 Å². The van der Waals surface area contributed by atoms with Crippen molar-refractivity contribution in [1.82, 2.24) is 9.97 Å². The molecule has 2 aromatic rings. The average Bonchev–Trinajstić information content (AvgIpc) is 2.42. The standard InChI is InChI=1S/C13H12BrF3N4/c1-7-6-19-12(18-2)21-11(7)20-8-3-4-10(14)9(5-8)13(15,16)17/h3-6H,1-2H3,(H2,18,19,20,21). The van der Waals surface area contributed by atoms with Crippen molar-refractivity contribution in [1.29, 1.82) is 0 Å². The first kappa shape index (κ1) is 15.6. The highest BCUT2D eigenvalue weighted by molar-refractivity contribution is 9.10. The molecule has 0 radical (unpaired) electrons. The Morgan fingerprint density at radius 3 is 2.57 bits per heavy atom. The summed E-state index contributed by atoms with van der Waals surface area (Å²) in [6, 6.07) is 3.92. The Balaban J connectivity index is 2.36. The number of nitrogens with one attached hydrogen (secondary N) is 2. The van der Waals surface area contributed by atoms with Gasteiger partial charge in [-0.05, 0) is 25.1 Å². The van der Waals surface area contributed by atoms with Gasteiger partial charge >= 0.3 is 6.18 Å². The molecule has 0 aliphatic carbocycles. The molecule has 1 aromatic heterocycles. The van der Waals surface area contributed by atoms with Crippen LogP contribution in [0.1, 0.15) is 11.1 Å². The molecule has 0 bridgehead atoms. The zero-order chi connectivity index (χ0) is 15.6. The van der Waals surface area contributed by atoms with Crippen LogP contribution in [0, 0.1) is 6.92 Å². The maximum Gasteiger partial charge on any atom is 0.417 e. The summed E-state index contributed by atoms with van der Waals surface area (Å²) < 4.78 is 38.6. The van der Waals surface area contributed by atoms with Crippen molar-refractivity contribution in [3.05, 3.63) is 40.0 Å². The number of halogens is 4. The zero-order valence-electron chi connectivity index (χ0n) is 11.2. The van der Waals surface area contributed by atoms with E-state index in [9.17, 15) is 13.2 Å². The average molecular weight is 361 g/mol. The first-order valence-electron chi connectivity index (χ1n) is 5.96. The zero-order valence-corrected chi connectivity index (χ0v) is 12.8. The van der Waals surface area contributed by atoms with Gasteiger partial charge in [0.1, 0.15) is 5.82 Å². The van der Waals surface area contributed by atoms with E-state index >= 15 is 0 Å². The number of anilines is 3. The lowest BCUT2D eigenvalue weighted by molar-refractivity contribution is -0.138. The Hall–Kier alpha value is -1.83. The molecule has 0 atom stereocenters. The fourth-order valence-corrected chi connectivity index (χ4v) is 2.12. The van der Waals surface area contributed by atoms with Crippen LogP contribution in [0.15, 0.2) is 28.9 Å². The van der Waals surface area contributed by atoms with E-state index in [0.29, 0.717) is 17.5 Å². The van der Waals surface area contributed by atoms with Crippen molar-refractivity contribution < 1.29 is 13.2 Å². The highest BCUT2D eigenvalue weighted by atomic mass is 79.9. The minimum absolute atomic E-state index is 0.00382. The van der Waals surface area contributed by atoms with Crippen LogP contribution in [0.5, 0.6) is 0 Å². The van der Waals surface area contributed by atoms with Crippen molar-refractivity contribution in [2.24, 2.45) is 0 Å². The molecule has 112 valence electrons. The molecule has 2 N–H and O–H groups in total.